The molecule has 0 spiro atoms. The van der Waals surface area contributed by atoms with Gasteiger partial charge in [0.2, 0.25) is 11.9 Å². The molecule has 0 aliphatic carbocycles. The van der Waals surface area contributed by atoms with E-state index in [9.17, 15) is 9.18 Å². The molecule has 0 saturated heterocycles. The van der Waals surface area contributed by atoms with Crippen LogP contribution in [0.1, 0.15) is 13.8 Å². The summed E-state index contributed by atoms with van der Waals surface area (Å²) in [4.78, 5) is 15.1. The Morgan fingerprint density at radius 3 is 2.73 bits per heavy atom. The largest absolute Gasteiger partial charge is 0.324 e. The number of rotatable bonds is 3. The summed E-state index contributed by atoms with van der Waals surface area (Å²) in [7, 11) is 0. The lowest BCUT2D eigenvalue weighted by atomic mass is 9.95. The van der Waals surface area contributed by atoms with Gasteiger partial charge in [-0.15, -0.1) is 11.6 Å². The molecule has 3 nitrogen and oxygen atoms in total. The zero-order valence-electron chi connectivity index (χ0n) is 8.55. The topological polar surface area (TPSA) is 42.0 Å². The molecule has 1 N–H and O–H groups in total. The summed E-state index contributed by atoms with van der Waals surface area (Å²) in [5, 5.41) is 2.61. The molecule has 82 valence electrons. The van der Waals surface area contributed by atoms with Gasteiger partial charge in [-0.2, -0.15) is 4.39 Å². The van der Waals surface area contributed by atoms with Crippen molar-refractivity contribution in [3.8, 4) is 0 Å². The third-order valence-corrected chi connectivity index (χ3v) is 2.60. The molecule has 0 atom stereocenters. The number of anilines is 1. The van der Waals surface area contributed by atoms with E-state index in [1.165, 1.54) is 18.3 Å². The van der Waals surface area contributed by atoms with E-state index in [2.05, 4.69) is 10.3 Å². The maximum atomic E-state index is 12.5. The molecule has 1 aromatic heterocycles. The summed E-state index contributed by atoms with van der Waals surface area (Å²) in [6.45, 7) is 3.46. The molecule has 1 aromatic rings. The van der Waals surface area contributed by atoms with Gasteiger partial charge >= 0.3 is 0 Å². The van der Waals surface area contributed by atoms with Crippen LogP contribution in [0.15, 0.2) is 18.3 Å². The highest BCUT2D eigenvalue weighted by Crippen LogP contribution is 2.19. The SMILES string of the molecule is CC(C)(CCl)C(=O)Nc1ccc(F)nc1. The summed E-state index contributed by atoms with van der Waals surface area (Å²) >= 11 is 5.64. The van der Waals surface area contributed by atoms with E-state index in [0.717, 1.165) is 0 Å². The van der Waals surface area contributed by atoms with Crippen molar-refractivity contribution in [2.24, 2.45) is 5.41 Å². The number of hydrogen-bond acceptors (Lipinski definition) is 2. The Labute approximate surface area is 92.7 Å². The summed E-state index contributed by atoms with van der Waals surface area (Å²) in [6, 6.07) is 2.63. The van der Waals surface area contributed by atoms with Crippen molar-refractivity contribution >= 4 is 23.2 Å². The van der Waals surface area contributed by atoms with Gasteiger partial charge in [0, 0.05) is 5.88 Å². The van der Waals surface area contributed by atoms with Crippen LogP contribution in [-0.2, 0) is 4.79 Å². The lowest BCUT2D eigenvalue weighted by molar-refractivity contribution is -0.122. The highest BCUT2D eigenvalue weighted by molar-refractivity contribution is 6.20. The van der Waals surface area contributed by atoms with Crippen LogP contribution in [-0.4, -0.2) is 16.8 Å². The van der Waals surface area contributed by atoms with Crippen molar-refractivity contribution < 1.29 is 9.18 Å². The molecule has 1 amide bonds. The molecule has 0 bridgehead atoms. The van der Waals surface area contributed by atoms with Crippen LogP contribution < -0.4 is 5.32 Å². The number of pyridine rings is 1. The van der Waals surface area contributed by atoms with Gasteiger partial charge in [0.15, 0.2) is 0 Å². The molecule has 0 aromatic carbocycles. The molecule has 15 heavy (non-hydrogen) atoms. The molecule has 0 unspecified atom stereocenters. The second kappa shape index (κ2) is 4.57. The fourth-order valence-corrected chi connectivity index (χ4v) is 0.932. The normalized spacial score (nSPS) is 11.2. The van der Waals surface area contributed by atoms with E-state index < -0.39 is 11.4 Å². The summed E-state index contributed by atoms with van der Waals surface area (Å²) < 4.78 is 12.5. The molecular formula is C10H12ClFN2O. The molecule has 1 heterocycles. The first-order valence-corrected chi connectivity index (χ1v) is 4.98. The lowest BCUT2D eigenvalue weighted by Crippen LogP contribution is -2.32. The third-order valence-electron chi connectivity index (χ3n) is 1.93. The van der Waals surface area contributed by atoms with E-state index in [1.807, 2.05) is 0 Å². The van der Waals surface area contributed by atoms with Crippen molar-refractivity contribution in [2.75, 3.05) is 11.2 Å². The number of amides is 1. The van der Waals surface area contributed by atoms with E-state index >= 15 is 0 Å². The molecule has 0 radical (unpaired) electrons. The minimum Gasteiger partial charge on any atom is -0.324 e. The number of halogens is 2. The first-order valence-electron chi connectivity index (χ1n) is 4.45. The van der Waals surface area contributed by atoms with Gasteiger partial charge in [0.05, 0.1) is 17.3 Å². The van der Waals surface area contributed by atoms with Gasteiger partial charge in [0.25, 0.3) is 0 Å². The van der Waals surface area contributed by atoms with Crippen molar-refractivity contribution in [2.45, 2.75) is 13.8 Å². The fraction of sp³-hybridized carbons (Fsp3) is 0.400. The number of nitrogens with one attached hydrogen (secondary N) is 1. The van der Waals surface area contributed by atoms with Crippen molar-refractivity contribution in [3.63, 3.8) is 0 Å². The van der Waals surface area contributed by atoms with E-state index in [4.69, 9.17) is 11.6 Å². The zero-order valence-corrected chi connectivity index (χ0v) is 9.31. The third kappa shape index (κ3) is 3.16. The quantitative estimate of drug-likeness (QED) is 0.640. The van der Waals surface area contributed by atoms with Crippen molar-refractivity contribution in [3.05, 3.63) is 24.3 Å². The molecule has 0 saturated carbocycles. The maximum Gasteiger partial charge on any atom is 0.231 e. The number of aromatic nitrogens is 1. The van der Waals surface area contributed by atoms with Crippen molar-refractivity contribution in [1.82, 2.24) is 4.98 Å². The highest BCUT2D eigenvalue weighted by atomic mass is 35.5. The highest BCUT2D eigenvalue weighted by Gasteiger charge is 2.26. The average molecular weight is 231 g/mol. The minimum absolute atomic E-state index is 0.216. The van der Waals surface area contributed by atoms with Crippen LogP contribution in [0.4, 0.5) is 10.1 Å². The number of carbonyl (C=O) groups is 1. The van der Waals surface area contributed by atoms with Gasteiger partial charge in [-0.05, 0) is 26.0 Å². The van der Waals surface area contributed by atoms with Crippen LogP contribution in [0, 0.1) is 11.4 Å². The van der Waals surface area contributed by atoms with Gasteiger partial charge in [-0.25, -0.2) is 4.98 Å². The second-order valence-corrected chi connectivity index (χ2v) is 4.11. The molecule has 0 fully saturated rings. The lowest BCUT2D eigenvalue weighted by Gasteiger charge is -2.20. The summed E-state index contributed by atoms with van der Waals surface area (Å²) in [6.07, 6.45) is 1.26. The van der Waals surface area contributed by atoms with Crippen LogP contribution >= 0.6 is 11.6 Å². The molecule has 0 aliphatic rings. The average Bonchev–Trinajstić information content (AvgIpc) is 2.21. The number of carbonyl (C=O) groups excluding carboxylic acids is 1. The Balaban J connectivity index is 2.71. The molecular weight excluding hydrogens is 219 g/mol. The second-order valence-electron chi connectivity index (χ2n) is 3.84. The Morgan fingerprint density at radius 2 is 2.27 bits per heavy atom. The molecule has 0 aliphatic heterocycles. The van der Waals surface area contributed by atoms with E-state index in [-0.39, 0.29) is 11.8 Å². The van der Waals surface area contributed by atoms with E-state index in [0.29, 0.717) is 5.69 Å². The van der Waals surface area contributed by atoms with Gasteiger partial charge in [-0.1, -0.05) is 0 Å². The van der Waals surface area contributed by atoms with Crippen LogP contribution in [0.5, 0.6) is 0 Å². The van der Waals surface area contributed by atoms with Gasteiger partial charge in [0.1, 0.15) is 0 Å². The number of alkyl halides is 1. The Bertz CT molecular complexity index is 351. The maximum absolute atomic E-state index is 12.5. The monoisotopic (exact) mass is 230 g/mol. The molecule has 5 heteroatoms. The number of hydrogen-bond donors (Lipinski definition) is 1. The molecule has 1 rings (SSSR count). The van der Waals surface area contributed by atoms with Gasteiger partial charge < -0.3 is 5.32 Å². The smallest absolute Gasteiger partial charge is 0.231 e. The zero-order chi connectivity index (χ0) is 11.5. The van der Waals surface area contributed by atoms with Crippen LogP contribution in [0.3, 0.4) is 0 Å². The number of nitrogens with zero attached hydrogens (tertiary/aromatic N) is 1. The predicted molar refractivity (Wildman–Crippen MR) is 57.3 cm³/mol. The van der Waals surface area contributed by atoms with Crippen molar-refractivity contribution in [1.29, 1.82) is 0 Å². The van der Waals surface area contributed by atoms with Crippen LogP contribution in [0.2, 0.25) is 0 Å². The first-order chi connectivity index (χ1) is 6.95. The predicted octanol–water partition coefficient (Wildman–Crippen LogP) is 2.42. The Kier molecular flexibility index (Phi) is 3.63. The summed E-state index contributed by atoms with van der Waals surface area (Å²) in [5.41, 5.74) is -0.199. The minimum atomic E-state index is -0.657. The standard InChI is InChI=1S/C10H12ClFN2O/c1-10(2,6-11)9(15)14-7-3-4-8(12)13-5-7/h3-5H,6H2,1-2H3,(H,14,15). The Hall–Kier alpha value is -1.16. The van der Waals surface area contributed by atoms with Gasteiger partial charge in [-0.3, -0.25) is 4.79 Å². The van der Waals surface area contributed by atoms with E-state index in [1.54, 1.807) is 13.8 Å². The Morgan fingerprint density at radius 1 is 1.60 bits per heavy atom. The summed E-state index contributed by atoms with van der Waals surface area (Å²) in [5.74, 6) is -0.580. The fourth-order valence-electron chi connectivity index (χ4n) is 0.811. The first kappa shape index (κ1) is 11.9. The van der Waals surface area contributed by atoms with Crippen LogP contribution in [0.25, 0.3) is 0 Å².